The number of nitriles is 1. The molecule has 1 fully saturated rings. The molecule has 1 saturated heterocycles. The van der Waals surface area contributed by atoms with Crippen LogP contribution < -0.4 is 5.32 Å². The number of hydrogen-bond donors (Lipinski definition) is 1. The zero-order valence-corrected chi connectivity index (χ0v) is 11.9. The van der Waals surface area contributed by atoms with Crippen LogP contribution in [0.1, 0.15) is 24.8 Å². The summed E-state index contributed by atoms with van der Waals surface area (Å²) in [4.78, 5) is 14.5. The second-order valence-electron chi connectivity index (χ2n) is 5.41. The van der Waals surface area contributed by atoms with Crippen LogP contribution in [0.5, 0.6) is 0 Å². The smallest absolute Gasteiger partial charge is 0.228 e. The lowest BCUT2D eigenvalue weighted by Gasteiger charge is -2.31. The molecule has 1 N–H and O–H groups in total. The molecule has 0 spiro atoms. The molecule has 1 unspecified atom stereocenters. The molecule has 0 bridgehead atoms. The van der Waals surface area contributed by atoms with Crippen LogP contribution in [0.2, 0.25) is 0 Å². The van der Waals surface area contributed by atoms with Gasteiger partial charge in [-0.05, 0) is 44.0 Å². The fourth-order valence-electron chi connectivity index (χ4n) is 2.65. The first kappa shape index (κ1) is 14.5. The first-order valence-corrected chi connectivity index (χ1v) is 7.16. The number of benzene rings is 1. The van der Waals surface area contributed by atoms with Crippen molar-refractivity contribution >= 4 is 11.6 Å². The Morgan fingerprint density at radius 3 is 3.15 bits per heavy atom. The van der Waals surface area contributed by atoms with Crippen molar-refractivity contribution in [3.05, 3.63) is 29.8 Å². The van der Waals surface area contributed by atoms with Gasteiger partial charge in [0.15, 0.2) is 0 Å². The monoisotopic (exact) mass is 271 g/mol. The van der Waals surface area contributed by atoms with Crippen molar-refractivity contribution < 1.29 is 4.79 Å². The highest BCUT2D eigenvalue weighted by molar-refractivity contribution is 5.92. The highest BCUT2D eigenvalue weighted by Gasteiger charge is 2.25. The predicted octanol–water partition coefficient (Wildman–Crippen LogP) is 2.56. The van der Waals surface area contributed by atoms with Crippen molar-refractivity contribution in [3.8, 4) is 6.07 Å². The van der Waals surface area contributed by atoms with Crippen molar-refractivity contribution in [2.24, 2.45) is 5.92 Å². The molecule has 2 rings (SSSR count). The van der Waals surface area contributed by atoms with Gasteiger partial charge >= 0.3 is 0 Å². The number of rotatable bonds is 4. The number of likely N-dealkylation sites (tertiary alicyclic amines) is 1. The van der Waals surface area contributed by atoms with Crippen LogP contribution in [-0.2, 0) is 4.79 Å². The minimum absolute atomic E-state index is 0.0305. The highest BCUT2D eigenvalue weighted by Crippen LogP contribution is 2.19. The van der Waals surface area contributed by atoms with E-state index in [2.05, 4.69) is 16.3 Å². The molecule has 0 aromatic heterocycles. The van der Waals surface area contributed by atoms with E-state index in [4.69, 9.17) is 5.26 Å². The van der Waals surface area contributed by atoms with Crippen LogP contribution in [0.3, 0.4) is 0 Å². The molecule has 1 aromatic rings. The van der Waals surface area contributed by atoms with Gasteiger partial charge in [0.25, 0.3) is 0 Å². The van der Waals surface area contributed by atoms with Crippen LogP contribution in [0.4, 0.5) is 5.69 Å². The van der Waals surface area contributed by atoms with E-state index in [1.807, 2.05) is 31.2 Å². The third-order valence-corrected chi connectivity index (χ3v) is 3.70. The Balaban J connectivity index is 1.90. The lowest BCUT2D eigenvalue weighted by Crippen LogP contribution is -2.41. The Morgan fingerprint density at radius 2 is 2.40 bits per heavy atom. The largest absolute Gasteiger partial charge is 0.326 e. The third-order valence-electron chi connectivity index (χ3n) is 3.70. The Bertz CT molecular complexity index is 507. The number of piperidine rings is 1. The summed E-state index contributed by atoms with van der Waals surface area (Å²) in [5.74, 6) is 0.125. The summed E-state index contributed by atoms with van der Waals surface area (Å²) in [6.45, 7) is 4.54. The van der Waals surface area contributed by atoms with E-state index in [9.17, 15) is 4.79 Å². The van der Waals surface area contributed by atoms with Crippen molar-refractivity contribution in [2.45, 2.75) is 26.2 Å². The number of nitrogens with zero attached hydrogens (tertiary/aromatic N) is 2. The van der Waals surface area contributed by atoms with Crippen LogP contribution in [0.15, 0.2) is 24.3 Å². The number of nitrogens with one attached hydrogen (secondary N) is 1. The van der Waals surface area contributed by atoms with E-state index < -0.39 is 0 Å². The Labute approximate surface area is 120 Å². The quantitative estimate of drug-likeness (QED) is 0.915. The molecule has 106 valence electrons. The third kappa shape index (κ3) is 4.07. The number of carbonyl (C=O) groups excluding carboxylic acids is 1. The molecule has 1 atom stereocenters. The molecule has 1 aliphatic rings. The maximum Gasteiger partial charge on any atom is 0.228 e. The molecule has 1 aromatic carbocycles. The van der Waals surface area contributed by atoms with Crippen molar-refractivity contribution in [2.75, 3.05) is 25.0 Å². The summed E-state index contributed by atoms with van der Waals surface area (Å²) in [5.41, 5.74) is 2.01. The average Bonchev–Trinajstić information content (AvgIpc) is 2.45. The maximum absolute atomic E-state index is 12.3. The number of aryl methyl sites for hydroxylation is 1. The van der Waals surface area contributed by atoms with Crippen molar-refractivity contribution in [1.29, 1.82) is 5.26 Å². The van der Waals surface area contributed by atoms with Gasteiger partial charge in [0.2, 0.25) is 5.91 Å². The van der Waals surface area contributed by atoms with Crippen LogP contribution >= 0.6 is 0 Å². The summed E-state index contributed by atoms with van der Waals surface area (Å²) in [7, 11) is 0. The molecule has 1 heterocycles. The van der Waals surface area contributed by atoms with Gasteiger partial charge in [-0.2, -0.15) is 5.26 Å². The zero-order valence-electron chi connectivity index (χ0n) is 11.9. The molecule has 20 heavy (non-hydrogen) atoms. The second kappa shape index (κ2) is 7.06. The van der Waals surface area contributed by atoms with Gasteiger partial charge in [0, 0.05) is 25.2 Å². The average molecular weight is 271 g/mol. The molecule has 0 aliphatic carbocycles. The molecular formula is C16H21N3O. The zero-order chi connectivity index (χ0) is 14.4. The molecule has 4 nitrogen and oxygen atoms in total. The van der Waals surface area contributed by atoms with Crippen LogP contribution in [0.25, 0.3) is 0 Å². The first-order chi connectivity index (χ1) is 9.69. The Hall–Kier alpha value is -1.86. The second-order valence-corrected chi connectivity index (χ2v) is 5.41. The first-order valence-electron chi connectivity index (χ1n) is 7.16. The fourth-order valence-corrected chi connectivity index (χ4v) is 2.65. The number of anilines is 1. The lowest BCUT2D eigenvalue weighted by atomic mass is 9.97. The molecule has 4 heteroatoms. The van der Waals surface area contributed by atoms with E-state index in [1.165, 1.54) is 0 Å². The Kier molecular flexibility index (Phi) is 5.14. The number of amides is 1. The van der Waals surface area contributed by atoms with Gasteiger partial charge in [0.05, 0.1) is 12.0 Å². The lowest BCUT2D eigenvalue weighted by molar-refractivity contribution is -0.121. The normalized spacial score (nSPS) is 19.3. The van der Waals surface area contributed by atoms with Crippen molar-refractivity contribution in [1.82, 2.24) is 4.90 Å². The molecule has 1 amide bonds. The summed E-state index contributed by atoms with van der Waals surface area (Å²) in [6.07, 6.45) is 2.49. The van der Waals surface area contributed by atoms with E-state index in [-0.39, 0.29) is 11.8 Å². The van der Waals surface area contributed by atoms with Gasteiger partial charge in [-0.1, -0.05) is 12.1 Å². The van der Waals surface area contributed by atoms with Gasteiger partial charge in [-0.3, -0.25) is 4.79 Å². The van der Waals surface area contributed by atoms with E-state index in [0.29, 0.717) is 6.42 Å². The minimum Gasteiger partial charge on any atom is -0.326 e. The van der Waals surface area contributed by atoms with Gasteiger partial charge in [0.1, 0.15) is 0 Å². The standard InChI is InChI=1S/C16H21N3O/c1-13-5-2-7-15(11-13)18-16(20)14-6-3-9-19(12-14)10-4-8-17/h2,5,7,11,14H,3-4,6,9-10,12H2,1H3,(H,18,20). The van der Waals surface area contributed by atoms with E-state index >= 15 is 0 Å². The van der Waals surface area contributed by atoms with Gasteiger partial charge < -0.3 is 10.2 Å². The van der Waals surface area contributed by atoms with E-state index in [1.54, 1.807) is 0 Å². The maximum atomic E-state index is 12.3. The Morgan fingerprint density at radius 1 is 1.55 bits per heavy atom. The van der Waals surface area contributed by atoms with Crippen molar-refractivity contribution in [3.63, 3.8) is 0 Å². The topological polar surface area (TPSA) is 56.1 Å². The minimum atomic E-state index is 0.0305. The summed E-state index contributed by atoms with van der Waals surface area (Å²) in [6, 6.07) is 10.0. The number of carbonyl (C=O) groups is 1. The summed E-state index contributed by atoms with van der Waals surface area (Å²) >= 11 is 0. The summed E-state index contributed by atoms with van der Waals surface area (Å²) in [5, 5.41) is 11.6. The van der Waals surface area contributed by atoms with Gasteiger partial charge in [-0.25, -0.2) is 0 Å². The molecule has 0 saturated carbocycles. The van der Waals surface area contributed by atoms with Crippen LogP contribution in [-0.4, -0.2) is 30.4 Å². The highest BCUT2D eigenvalue weighted by atomic mass is 16.1. The predicted molar refractivity (Wildman–Crippen MR) is 79.2 cm³/mol. The molecule has 1 aliphatic heterocycles. The van der Waals surface area contributed by atoms with Crippen LogP contribution in [0, 0.1) is 24.2 Å². The molecule has 0 radical (unpaired) electrons. The SMILES string of the molecule is Cc1cccc(NC(=O)C2CCCN(CCC#N)C2)c1. The number of hydrogen-bond acceptors (Lipinski definition) is 3. The molecular weight excluding hydrogens is 250 g/mol. The van der Waals surface area contributed by atoms with E-state index in [0.717, 1.165) is 43.7 Å². The van der Waals surface area contributed by atoms with Gasteiger partial charge in [-0.15, -0.1) is 0 Å². The fraction of sp³-hybridized carbons (Fsp3) is 0.500. The summed E-state index contributed by atoms with van der Waals surface area (Å²) < 4.78 is 0.